The Labute approximate surface area is 101 Å². The third kappa shape index (κ3) is 2.36. The molecule has 0 radical (unpaired) electrons. The molecule has 1 heterocycles. The number of Topliss-reactive ketones (excluding diaryl/α,β-unsaturated/α-hetero) is 1. The molecule has 1 aromatic heterocycles. The van der Waals surface area contributed by atoms with Crippen molar-refractivity contribution in [1.29, 1.82) is 5.26 Å². The van der Waals surface area contributed by atoms with E-state index in [1.54, 1.807) is 18.3 Å². The maximum atomic E-state index is 12.3. The van der Waals surface area contributed by atoms with Crippen LogP contribution in [-0.4, -0.2) is 10.8 Å². The molecule has 1 fully saturated rings. The van der Waals surface area contributed by atoms with Crippen LogP contribution in [0, 0.1) is 23.2 Å². The Morgan fingerprint density at radius 3 is 2.88 bits per heavy atom. The first-order valence-electron chi connectivity index (χ1n) is 6.08. The number of hydrogen-bond donors (Lipinski definition) is 0. The molecule has 0 N–H and O–H groups in total. The second-order valence-corrected chi connectivity index (χ2v) is 4.73. The highest BCUT2D eigenvalue weighted by molar-refractivity contribution is 5.90. The summed E-state index contributed by atoms with van der Waals surface area (Å²) in [5, 5.41) is 9.19. The van der Waals surface area contributed by atoms with Crippen molar-refractivity contribution < 1.29 is 4.79 Å². The lowest BCUT2D eigenvalue weighted by atomic mass is 9.85. The molecule has 0 aromatic carbocycles. The van der Waals surface area contributed by atoms with Gasteiger partial charge in [0.15, 0.2) is 5.78 Å². The molecular weight excluding hydrogens is 212 g/mol. The van der Waals surface area contributed by atoms with Crippen LogP contribution in [0.15, 0.2) is 24.4 Å². The lowest BCUT2D eigenvalue weighted by Crippen LogP contribution is -2.23. The molecule has 3 heteroatoms. The van der Waals surface area contributed by atoms with Crippen LogP contribution in [0.1, 0.15) is 37.8 Å². The fourth-order valence-corrected chi connectivity index (χ4v) is 2.60. The van der Waals surface area contributed by atoms with Crippen molar-refractivity contribution in [3.05, 3.63) is 30.1 Å². The number of carbonyl (C=O) groups is 1. The minimum atomic E-state index is -0.693. The molecule has 0 spiro atoms. The first kappa shape index (κ1) is 11.8. The number of carbonyl (C=O) groups excluding carboxylic acids is 1. The van der Waals surface area contributed by atoms with E-state index in [2.05, 4.69) is 18.0 Å². The standard InChI is InChI=1S/C14H16N2O/c1-10-5-4-6-11(10)14(17)12(9-15)13-7-2-3-8-16-13/h2-3,7-8,10-12H,4-6H2,1H3. The topological polar surface area (TPSA) is 53.8 Å². The lowest BCUT2D eigenvalue weighted by Gasteiger charge is -2.16. The summed E-state index contributed by atoms with van der Waals surface area (Å²) in [6.07, 6.45) is 4.74. The molecule has 2 rings (SSSR count). The molecule has 0 saturated heterocycles. The minimum absolute atomic E-state index is 0.0432. The molecule has 0 bridgehead atoms. The van der Waals surface area contributed by atoms with Crippen LogP contribution in [0.3, 0.4) is 0 Å². The van der Waals surface area contributed by atoms with E-state index in [1.165, 1.54) is 0 Å². The van der Waals surface area contributed by atoms with Crippen LogP contribution in [-0.2, 0) is 4.79 Å². The van der Waals surface area contributed by atoms with Gasteiger partial charge in [-0.15, -0.1) is 0 Å². The van der Waals surface area contributed by atoms with Crippen molar-refractivity contribution >= 4 is 5.78 Å². The fourth-order valence-electron chi connectivity index (χ4n) is 2.60. The van der Waals surface area contributed by atoms with E-state index in [0.717, 1.165) is 19.3 Å². The number of pyridine rings is 1. The van der Waals surface area contributed by atoms with E-state index in [9.17, 15) is 10.1 Å². The molecule has 0 amide bonds. The first-order chi connectivity index (χ1) is 8.24. The van der Waals surface area contributed by atoms with Gasteiger partial charge in [-0.3, -0.25) is 9.78 Å². The highest BCUT2D eigenvalue weighted by Crippen LogP contribution is 2.35. The summed E-state index contributed by atoms with van der Waals surface area (Å²) in [6.45, 7) is 2.10. The molecule has 0 aliphatic heterocycles. The summed E-state index contributed by atoms with van der Waals surface area (Å²) in [7, 11) is 0. The molecule has 3 unspecified atom stereocenters. The van der Waals surface area contributed by atoms with Crippen molar-refractivity contribution in [2.75, 3.05) is 0 Å². The van der Waals surface area contributed by atoms with Gasteiger partial charge in [0.25, 0.3) is 0 Å². The average Bonchev–Trinajstić information content (AvgIpc) is 2.77. The van der Waals surface area contributed by atoms with E-state index >= 15 is 0 Å². The summed E-state index contributed by atoms with van der Waals surface area (Å²) in [5.74, 6) is -0.193. The molecule has 1 aliphatic rings. The van der Waals surface area contributed by atoms with Gasteiger partial charge in [0.1, 0.15) is 5.92 Å². The zero-order valence-corrected chi connectivity index (χ0v) is 9.97. The minimum Gasteiger partial charge on any atom is -0.297 e. The normalized spacial score (nSPS) is 25.2. The van der Waals surface area contributed by atoms with Gasteiger partial charge in [-0.2, -0.15) is 5.26 Å². The Balaban J connectivity index is 2.20. The SMILES string of the molecule is CC1CCCC1C(=O)C(C#N)c1ccccn1. The molecule has 3 nitrogen and oxygen atoms in total. The van der Waals surface area contributed by atoms with Gasteiger partial charge in [-0.25, -0.2) is 0 Å². The third-order valence-electron chi connectivity index (χ3n) is 3.62. The molecule has 17 heavy (non-hydrogen) atoms. The molecule has 3 atom stereocenters. The Bertz CT molecular complexity index is 435. The van der Waals surface area contributed by atoms with Gasteiger partial charge in [0, 0.05) is 12.1 Å². The van der Waals surface area contributed by atoms with Crippen molar-refractivity contribution in [3.8, 4) is 6.07 Å². The zero-order chi connectivity index (χ0) is 12.3. The number of aromatic nitrogens is 1. The van der Waals surface area contributed by atoms with Crippen molar-refractivity contribution in [3.63, 3.8) is 0 Å². The lowest BCUT2D eigenvalue weighted by molar-refractivity contribution is -0.124. The highest BCUT2D eigenvalue weighted by Gasteiger charge is 2.35. The average molecular weight is 228 g/mol. The molecule has 88 valence electrons. The van der Waals surface area contributed by atoms with Crippen LogP contribution >= 0.6 is 0 Å². The van der Waals surface area contributed by atoms with Gasteiger partial charge in [0.05, 0.1) is 11.8 Å². The Hall–Kier alpha value is -1.69. The summed E-state index contributed by atoms with van der Waals surface area (Å²) >= 11 is 0. The second kappa shape index (κ2) is 5.09. The Kier molecular flexibility index (Phi) is 3.53. The molecule has 1 aromatic rings. The van der Waals surface area contributed by atoms with Crippen molar-refractivity contribution in [1.82, 2.24) is 4.98 Å². The van der Waals surface area contributed by atoms with Gasteiger partial charge in [-0.1, -0.05) is 19.4 Å². The number of nitriles is 1. The second-order valence-electron chi connectivity index (χ2n) is 4.73. The number of rotatable bonds is 3. The highest BCUT2D eigenvalue weighted by atomic mass is 16.1. The van der Waals surface area contributed by atoms with Crippen LogP contribution < -0.4 is 0 Å². The van der Waals surface area contributed by atoms with Crippen molar-refractivity contribution in [2.45, 2.75) is 32.1 Å². The van der Waals surface area contributed by atoms with Crippen molar-refractivity contribution in [2.24, 2.45) is 11.8 Å². The van der Waals surface area contributed by atoms with E-state index in [-0.39, 0.29) is 11.7 Å². The predicted octanol–water partition coefficient (Wildman–Crippen LogP) is 2.69. The number of hydrogen-bond acceptors (Lipinski definition) is 3. The van der Waals surface area contributed by atoms with E-state index < -0.39 is 5.92 Å². The largest absolute Gasteiger partial charge is 0.297 e. The fraction of sp³-hybridized carbons (Fsp3) is 0.500. The maximum absolute atomic E-state index is 12.3. The summed E-state index contributed by atoms with van der Waals surface area (Å²) in [4.78, 5) is 16.4. The van der Waals surface area contributed by atoms with Crippen LogP contribution in [0.4, 0.5) is 0 Å². The van der Waals surface area contributed by atoms with Gasteiger partial charge < -0.3 is 0 Å². The Morgan fingerprint density at radius 2 is 2.35 bits per heavy atom. The quantitative estimate of drug-likeness (QED) is 0.799. The third-order valence-corrected chi connectivity index (χ3v) is 3.62. The summed E-state index contributed by atoms with van der Waals surface area (Å²) < 4.78 is 0. The van der Waals surface area contributed by atoms with E-state index in [1.807, 2.05) is 6.07 Å². The first-order valence-corrected chi connectivity index (χ1v) is 6.08. The smallest absolute Gasteiger partial charge is 0.159 e. The number of ketones is 1. The van der Waals surface area contributed by atoms with E-state index in [0.29, 0.717) is 11.6 Å². The number of nitrogens with zero attached hydrogens (tertiary/aromatic N) is 2. The van der Waals surface area contributed by atoms with Crippen LogP contribution in [0.5, 0.6) is 0 Å². The summed E-state index contributed by atoms with van der Waals surface area (Å²) in [6, 6.07) is 7.47. The Morgan fingerprint density at radius 1 is 1.53 bits per heavy atom. The zero-order valence-electron chi connectivity index (χ0n) is 9.97. The molecule has 1 aliphatic carbocycles. The molecule has 1 saturated carbocycles. The monoisotopic (exact) mass is 228 g/mol. The van der Waals surface area contributed by atoms with Gasteiger partial charge in [0.2, 0.25) is 0 Å². The summed E-state index contributed by atoms with van der Waals surface area (Å²) in [5.41, 5.74) is 0.583. The van der Waals surface area contributed by atoms with E-state index in [4.69, 9.17) is 0 Å². The van der Waals surface area contributed by atoms with Gasteiger partial charge >= 0.3 is 0 Å². The van der Waals surface area contributed by atoms with Gasteiger partial charge in [-0.05, 0) is 30.9 Å². The predicted molar refractivity (Wildman–Crippen MR) is 64.1 cm³/mol. The van der Waals surface area contributed by atoms with Crippen LogP contribution in [0.25, 0.3) is 0 Å². The molecular formula is C14H16N2O. The maximum Gasteiger partial charge on any atom is 0.159 e. The van der Waals surface area contributed by atoms with Crippen LogP contribution in [0.2, 0.25) is 0 Å².